The fraction of sp³-hybridized carbons (Fsp3) is 0.455. The van der Waals surface area contributed by atoms with E-state index in [1.165, 1.54) is 36.8 Å². The summed E-state index contributed by atoms with van der Waals surface area (Å²) in [6.45, 7) is 8.94. The lowest BCUT2D eigenvalue weighted by molar-refractivity contribution is 0.447. The van der Waals surface area contributed by atoms with Crippen LogP contribution in [-0.2, 0) is 5.41 Å². The fourth-order valence-corrected chi connectivity index (χ4v) is 3.50. The van der Waals surface area contributed by atoms with Gasteiger partial charge in [0, 0.05) is 11.0 Å². The Bertz CT molecular complexity index is 613. The van der Waals surface area contributed by atoms with E-state index in [0.29, 0.717) is 11.7 Å². The molecule has 2 aromatic carbocycles. The van der Waals surface area contributed by atoms with Crippen LogP contribution in [0.3, 0.4) is 0 Å². The highest BCUT2D eigenvalue weighted by Crippen LogP contribution is 2.42. The molecule has 0 aliphatic carbocycles. The molecule has 0 heterocycles. The van der Waals surface area contributed by atoms with Gasteiger partial charge >= 0.3 is 0 Å². The SMILES string of the molecule is CCCCCC(C)c1cccc(O)c1C(C)(C)c1ccccc1. The molecule has 1 atom stereocenters. The van der Waals surface area contributed by atoms with E-state index in [-0.39, 0.29) is 5.41 Å². The first-order valence-corrected chi connectivity index (χ1v) is 8.86. The lowest BCUT2D eigenvalue weighted by atomic mass is 9.73. The molecule has 0 saturated carbocycles. The van der Waals surface area contributed by atoms with E-state index < -0.39 is 0 Å². The number of phenolic OH excluding ortho intramolecular Hbond substituents is 1. The van der Waals surface area contributed by atoms with Crippen molar-refractivity contribution in [2.45, 2.75) is 64.7 Å². The van der Waals surface area contributed by atoms with Crippen LogP contribution in [0.25, 0.3) is 0 Å². The van der Waals surface area contributed by atoms with Crippen molar-refractivity contribution in [3.8, 4) is 5.75 Å². The van der Waals surface area contributed by atoms with E-state index in [1.807, 2.05) is 18.2 Å². The molecule has 0 aromatic heterocycles. The first-order valence-electron chi connectivity index (χ1n) is 8.86. The van der Waals surface area contributed by atoms with Crippen LogP contribution < -0.4 is 0 Å². The molecule has 23 heavy (non-hydrogen) atoms. The van der Waals surface area contributed by atoms with E-state index in [2.05, 4.69) is 58.0 Å². The molecule has 0 radical (unpaired) electrons. The number of benzene rings is 2. The maximum absolute atomic E-state index is 10.6. The van der Waals surface area contributed by atoms with Gasteiger partial charge in [-0.1, -0.05) is 89.4 Å². The van der Waals surface area contributed by atoms with Crippen molar-refractivity contribution in [2.24, 2.45) is 0 Å². The predicted molar refractivity (Wildman–Crippen MR) is 99.2 cm³/mol. The van der Waals surface area contributed by atoms with Gasteiger partial charge in [0.1, 0.15) is 5.75 Å². The zero-order valence-electron chi connectivity index (χ0n) is 15.0. The molecule has 0 saturated heterocycles. The molecular weight excluding hydrogens is 280 g/mol. The number of unbranched alkanes of at least 4 members (excludes halogenated alkanes) is 2. The summed E-state index contributed by atoms with van der Waals surface area (Å²) >= 11 is 0. The molecule has 2 aromatic rings. The van der Waals surface area contributed by atoms with Gasteiger partial charge in [-0.3, -0.25) is 0 Å². The fourth-order valence-electron chi connectivity index (χ4n) is 3.50. The highest BCUT2D eigenvalue weighted by atomic mass is 16.3. The molecule has 1 N–H and O–H groups in total. The summed E-state index contributed by atoms with van der Waals surface area (Å²) in [5.74, 6) is 0.880. The van der Waals surface area contributed by atoms with Crippen molar-refractivity contribution in [3.63, 3.8) is 0 Å². The van der Waals surface area contributed by atoms with Gasteiger partial charge < -0.3 is 5.11 Å². The van der Waals surface area contributed by atoms with Crippen LogP contribution in [0.5, 0.6) is 5.75 Å². The minimum atomic E-state index is -0.207. The lowest BCUT2D eigenvalue weighted by Gasteiger charge is -2.31. The topological polar surface area (TPSA) is 20.2 Å². The average Bonchev–Trinajstić information content (AvgIpc) is 2.55. The van der Waals surface area contributed by atoms with Crippen LogP contribution in [0, 0.1) is 0 Å². The maximum Gasteiger partial charge on any atom is 0.119 e. The third-order valence-corrected chi connectivity index (χ3v) is 4.97. The molecule has 124 valence electrons. The van der Waals surface area contributed by atoms with E-state index in [9.17, 15) is 5.11 Å². The predicted octanol–water partition coefficient (Wildman–Crippen LogP) is 6.40. The normalized spacial score (nSPS) is 13.0. The van der Waals surface area contributed by atoms with Crippen LogP contribution in [0.2, 0.25) is 0 Å². The Morgan fingerprint density at radius 3 is 2.30 bits per heavy atom. The monoisotopic (exact) mass is 310 g/mol. The summed E-state index contributed by atoms with van der Waals surface area (Å²) < 4.78 is 0. The highest BCUT2D eigenvalue weighted by molar-refractivity contribution is 5.51. The van der Waals surface area contributed by atoms with Gasteiger partial charge in [0.2, 0.25) is 0 Å². The maximum atomic E-state index is 10.6. The van der Waals surface area contributed by atoms with Crippen molar-refractivity contribution in [1.82, 2.24) is 0 Å². The molecule has 0 aliphatic rings. The zero-order valence-corrected chi connectivity index (χ0v) is 15.0. The minimum absolute atomic E-state index is 0.207. The molecule has 0 fully saturated rings. The molecule has 0 spiro atoms. The molecule has 1 heteroatoms. The van der Waals surface area contributed by atoms with Crippen LogP contribution in [0.1, 0.15) is 76.0 Å². The lowest BCUT2D eigenvalue weighted by Crippen LogP contribution is -2.22. The number of aromatic hydroxyl groups is 1. The van der Waals surface area contributed by atoms with E-state index in [1.54, 1.807) is 0 Å². The third-order valence-electron chi connectivity index (χ3n) is 4.97. The smallest absolute Gasteiger partial charge is 0.119 e. The zero-order chi connectivity index (χ0) is 16.9. The Hall–Kier alpha value is -1.76. The summed E-state index contributed by atoms with van der Waals surface area (Å²) in [7, 11) is 0. The van der Waals surface area contributed by atoms with Crippen molar-refractivity contribution >= 4 is 0 Å². The van der Waals surface area contributed by atoms with Crippen LogP contribution in [-0.4, -0.2) is 5.11 Å². The molecule has 0 bridgehead atoms. The van der Waals surface area contributed by atoms with E-state index >= 15 is 0 Å². The van der Waals surface area contributed by atoms with Crippen LogP contribution >= 0.6 is 0 Å². The van der Waals surface area contributed by atoms with E-state index in [4.69, 9.17) is 0 Å². The average molecular weight is 310 g/mol. The Balaban J connectivity index is 2.41. The molecule has 0 amide bonds. The van der Waals surface area contributed by atoms with Gasteiger partial charge in [0.25, 0.3) is 0 Å². The van der Waals surface area contributed by atoms with Crippen molar-refractivity contribution in [1.29, 1.82) is 0 Å². The second-order valence-corrected chi connectivity index (χ2v) is 7.13. The summed E-state index contributed by atoms with van der Waals surface area (Å²) in [6.07, 6.45) is 4.95. The Morgan fingerprint density at radius 1 is 0.957 bits per heavy atom. The molecule has 2 rings (SSSR count). The Labute approximate surface area is 141 Å². The van der Waals surface area contributed by atoms with Crippen LogP contribution in [0.15, 0.2) is 48.5 Å². The summed E-state index contributed by atoms with van der Waals surface area (Å²) in [5.41, 5.74) is 3.40. The van der Waals surface area contributed by atoms with E-state index in [0.717, 1.165) is 5.56 Å². The second-order valence-electron chi connectivity index (χ2n) is 7.13. The number of phenols is 1. The first kappa shape index (κ1) is 17.6. The first-order chi connectivity index (χ1) is 11.0. The van der Waals surface area contributed by atoms with Gasteiger partial charge in [-0.15, -0.1) is 0 Å². The Kier molecular flexibility index (Phi) is 5.87. The number of hydrogen-bond donors (Lipinski definition) is 1. The molecule has 1 nitrogen and oxygen atoms in total. The molecular formula is C22H30O. The summed E-state index contributed by atoms with van der Waals surface area (Å²) in [5, 5.41) is 10.6. The largest absolute Gasteiger partial charge is 0.508 e. The minimum Gasteiger partial charge on any atom is -0.508 e. The Morgan fingerprint density at radius 2 is 1.65 bits per heavy atom. The van der Waals surface area contributed by atoms with Gasteiger partial charge in [-0.2, -0.15) is 0 Å². The highest BCUT2D eigenvalue weighted by Gasteiger charge is 2.30. The standard InChI is InChI=1S/C22H30O/c1-5-6-8-12-17(2)19-15-11-16-20(23)21(19)22(3,4)18-13-9-7-10-14-18/h7,9-11,13-17,23H,5-6,8,12H2,1-4H3. The number of rotatable bonds is 7. The van der Waals surface area contributed by atoms with Crippen LogP contribution in [0.4, 0.5) is 0 Å². The summed E-state index contributed by atoms with van der Waals surface area (Å²) in [4.78, 5) is 0. The molecule has 0 aliphatic heterocycles. The van der Waals surface area contributed by atoms with Crippen molar-refractivity contribution in [3.05, 3.63) is 65.2 Å². The van der Waals surface area contributed by atoms with Crippen molar-refractivity contribution in [2.75, 3.05) is 0 Å². The van der Waals surface area contributed by atoms with Crippen molar-refractivity contribution < 1.29 is 5.11 Å². The van der Waals surface area contributed by atoms with Gasteiger partial charge in [0.15, 0.2) is 0 Å². The summed E-state index contributed by atoms with van der Waals surface area (Å²) in [6, 6.07) is 16.5. The van der Waals surface area contributed by atoms with Gasteiger partial charge in [-0.05, 0) is 29.5 Å². The third kappa shape index (κ3) is 3.96. The van der Waals surface area contributed by atoms with Gasteiger partial charge in [0.05, 0.1) is 0 Å². The quantitative estimate of drug-likeness (QED) is 0.586. The number of hydrogen-bond acceptors (Lipinski definition) is 1. The van der Waals surface area contributed by atoms with Gasteiger partial charge in [-0.25, -0.2) is 0 Å². The second kappa shape index (κ2) is 7.68. The molecule has 1 unspecified atom stereocenters.